The quantitative estimate of drug-likeness (QED) is 0.353. The van der Waals surface area contributed by atoms with E-state index in [-0.39, 0.29) is 22.4 Å². The normalized spacial score (nSPS) is 4.50. The summed E-state index contributed by atoms with van der Waals surface area (Å²) in [6.45, 7) is 0. The van der Waals surface area contributed by atoms with Crippen LogP contribution in [0.3, 0.4) is 0 Å². The van der Waals surface area contributed by atoms with Crippen molar-refractivity contribution in [3.8, 4) is 0 Å². The predicted octanol–water partition coefficient (Wildman–Crippen LogP) is 1.42. The molecule has 0 saturated heterocycles. The van der Waals surface area contributed by atoms with Crippen molar-refractivity contribution >= 4 is 23.2 Å². The van der Waals surface area contributed by atoms with Gasteiger partial charge in [-0.3, -0.25) is 0 Å². The molecule has 3 heteroatoms. The fraction of sp³-hybridized carbons (Fsp3) is 1.00. The van der Waals surface area contributed by atoms with E-state index in [1.165, 1.54) is 0 Å². The van der Waals surface area contributed by atoms with Gasteiger partial charge in [0.05, 0.1) is 5.34 Å². The minimum atomic E-state index is 0. The third-order valence-electron chi connectivity index (χ3n) is 0. The first-order valence-corrected chi connectivity index (χ1v) is 1.60. The summed E-state index contributed by atoms with van der Waals surface area (Å²) in [6, 6.07) is 0. The van der Waals surface area contributed by atoms with Gasteiger partial charge in [0, 0.05) is 0 Å². The predicted molar refractivity (Wildman–Crippen MR) is 16.6 cm³/mol. The number of hydrogen-bond donors (Lipinski definition) is 0. The molecule has 0 atom stereocenters. The molecule has 0 aliphatic rings. The average Bonchev–Trinajstić information content (AvgIpc) is 0.918. The second-order valence-corrected chi connectivity index (χ2v) is 0.909. The van der Waals surface area contributed by atoms with Gasteiger partial charge in [-0.25, -0.2) is 0 Å². The van der Waals surface area contributed by atoms with E-state index in [4.69, 9.17) is 23.2 Å². The van der Waals surface area contributed by atoms with E-state index in [9.17, 15) is 0 Å². The molecule has 0 aromatic heterocycles. The maximum absolute atomic E-state index is 4.76. The van der Waals surface area contributed by atoms with Gasteiger partial charge in [0.15, 0.2) is 0 Å². The molecule has 1 radical (unpaired) electrons. The van der Waals surface area contributed by atoms with Crippen LogP contribution in [0.2, 0.25) is 0 Å². The second kappa shape index (κ2) is 8.93. The Balaban J connectivity index is 0. The van der Waals surface area contributed by atoms with E-state index in [1.54, 1.807) is 0 Å². The van der Waals surface area contributed by atoms with Crippen LogP contribution in [0, 0.1) is 0 Å². The van der Waals surface area contributed by atoms with Crippen LogP contribution in [0.5, 0.6) is 0 Å². The summed E-state index contributed by atoms with van der Waals surface area (Å²) in [5, 5.41) is 0.194. The largest absolute Gasteiger partial charge is 3.00 e. The van der Waals surface area contributed by atoms with Crippen molar-refractivity contribution in [1.29, 1.82) is 0 Å². The van der Waals surface area contributed by atoms with Crippen LogP contribution in [-0.4, -0.2) is 5.34 Å². The Hall–Kier alpha value is 1.10. The van der Waals surface area contributed by atoms with E-state index in [1.807, 2.05) is 0 Å². The van der Waals surface area contributed by atoms with Crippen LogP contribution in [0.1, 0.15) is 0 Å². The zero-order chi connectivity index (χ0) is 2.71. The molecule has 0 rings (SSSR count). The fourth-order valence-electron chi connectivity index (χ4n) is 0. The Kier molecular flexibility index (Phi) is 19.9. The Labute approximate surface area is 45.9 Å². The Bertz CT molecular complexity index is 6.00. The first-order valence-electron chi connectivity index (χ1n) is 0.535. The van der Waals surface area contributed by atoms with Gasteiger partial charge in [0.2, 0.25) is 0 Å². The molecular weight excluding hydrogens is 139 g/mol. The van der Waals surface area contributed by atoms with Gasteiger partial charge in [-0.2, -0.15) is 0 Å². The number of halogens is 2. The summed E-state index contributed by atoms with van der Waals surface area (Å²) < 4.78 is 0. The molecule has 0 aliphatic heterocycles. The fourth-order valence-corrected chi connectivity index (χ4v) is 0. The summed E-state index contributed by atoms with van der Waals surface area (Å²) in [7, 11) is 0. The first kappa shape index (κ1) is 8.92. The number of rotatable bonds is 0. The summed E-state index contributed by atoms with van der Waals surface area (Å²) >= 11 is 9.53. The SMILES string of the molecule is ClCCl.[Fe+3]. The first-order chi connectivity index (χ1) is 1.41. The standard InChI is InChI=1S/CH2Cl2.Fe/c2-1-3;/h1H2;/q;+3. The van der Waals surface area contributed by atoms with Crippen LogP contribution in [-0.2, 0) is 17.1 Å². The minimum absolute atomic E-state index is 0. The zero-order valence-electron chi connectivity index (χ0n) is 1.82. The topological polar surface area (TPSA) is 0 Å². The molecule has 0 aliphatic carbocycles. The van der Waals surface area contributed by atoms with Gasteiger partial charge in [-0.15, -0.1) is 23.2 Å². The third kappa shape index (κ3) is 11.3. The van der Waals surface area contributed by atoms with E-state index in [2.05, 4.69) is 0 Å². The van der Waals surface area contributed by atoms with Crippen LogP contribution < -0.4 is 0 Å². The molecule has 0 bridgehead atoms. The zero-order valence-corrected chi connectivity index (χ0v) is 4.43. The second-order valence-electron chi connectivity index (χ2n) is 0.101. The number of alkyl halides is 2. The van der Waals surface area contributed by atoms with Gasteiger partial charge in [0.25, 0.3) is 0 Å². The molecule has 0 N–H and O–H groups in total. The van der Waals surface area contributed by atoms with Crippen LogP contribution >= 0.6 is 23.2 Å². The summed E-state index contributed by atoms with van der Waals surface area (Å²) in [4.78, 5) is 0. The van der Waals surface area contributed by atoms with Crippen molar-refractivity contribution in [2.24, 2.45) is 0 Å². The average molecular weight is 141 g/mol. The van der Waals surface area contributed by atoms with Crippen molar-refractivity contribution in [2.75, 3.05) is 5.34 Å². The van der Waals surface area contributed by atoms with Gasteiger partial charge in [-0.05, 0) is 0 Å². The molecule has 0 heterocycles. The van der Waals surface area contributed by atoms with Crippen LogP contribution in [0.15, 0.2) is 0 Å². The molecule has 0 spiro atoms. The van der Waals surface area contributed by atoms with E-state index >= 15 is 0 Å². The summed E-state index contributed by atoms with van der Waals surface area (Å²) in [6.07, 6.45) is 0. The van der Waals surface area contributed by atoms with Gasteiger partial charge in [0.1, 0.15) is 0 Å². The van der Waals surface area contributed by atoms with Gasteiger partial charge in [-0.1, -0.05) is 0 Å². The van der Waals surface area contributed by atoms with E-state index in [0.29, 0.717) is 0 Å². The molecule has 0 amide bonds. The molecule has 0 aromatic carbocycles. The molecular formula is CH2Cl2Fe+3. The Morgan fingerprint density at radius 1 is 1.25 bits per heavy atom. The third-order valence-corrected chi connectivity index (χ3v) is 0. The molecule has 0 fully saturated rings. The molecule has 0 aromatic rings. The Morgan fingerprint density at radius 3 is 1.25 bits per heavy atom. The van der Waals surface area contributed by atoms with Crippen molar-refractivity contribution in [2.45, 2.75) is 0 Å². The van der Waals surface area contributed by atoms with Gasteiger partial charge < -0.3 is 0 Å². The molecule has 4 heavy (non-hydrogen) atoms. The van der Waals surface area contributed by atoms with Crippen molar-refractivity contribution in [3.05, 3.63) is 0 Å². The smallest absolute Gasteiger partial charge is 0.109 e. The summed E-state index contributed by atoms with van der Waals surface area (Å²) in [5.74, 6) is 0. The van der Waals surface area contributed by atoms with Crippen molar-refractivity contribution in [3.63, 3.8) is 0 Å². The van der Waals surface area contributed by atoms with Crippen molar-refractivity contribution < 1.29 is 17.1 Å². The summed E-state index contributed by atoms with van der Waals surface area (Å²) in [5.41, 5.74) is 0. The molecule has 0 unspecified atom stereocenters. The molecule has 0 saturated carbocycles. The number of hydrogen-bond acceptors (Lipinski definition) is 0. The molecule has 0 nitrogen and oxygen atoms in total. The minimum Gasteiger partial charge on any atom is -0.109 e. The van der Waals surface area contributed by atoms with Crippen molar-refractivity contribution in [1.82, 2.24) is 0 Å². The van der Waals surface area contributed by atoms with Crippen LogP contribution in [0.4, 0.5) is 0 Å². The van der Waals surface area contributed by atoms with Gasteiger partial charge >= 0.3 is 17.1 Å². The Morgan fingerprint density at radius 2 is 1.25 bits per heavy atom. The molecule has 25 valence electrons. The maximum atomic E-state index is 4.76. The maximum Gasteiger partial charge on any atom is 3.00 e. The van der Waals surface area contributed by atoms with E-state index < -0.39 is 0 Å². The monoisotopic (exact) mass is 140 g/mol. The van der Waals surface area contributed by atoms with E-state index in [0.717, 1.165) is 0 Å². The van der Waals surface area contributed by atoms with Crippen LogP contribution in [0.25, 0.3) is 0 Å².